The van der Waals surface area contributed by atoms with E-state index in [0.717, 1.165) is 35.3 Å². The number of unbranched alkanes of at least 4 members (excludes halogenated alkanes) is 3. The fourth-order valence-electron chi connectivity index (χ4n) is 2.98. The van der Waals surface area contributed by atoms with Crippen LogP contribution in [0.15, 0.2) is 40.9 Å². The third-order valence-electron chi connectivity index (χ3n) is 4.68. The van der Waals surface area contributed by atoms with E-state index in [4.69, 9.17) is 4.74 Å². The van der Waals surface area contributed by atoms with Crippen molar-refractivity contribution >= 4 is 15.9 Å². The van der Waals surface area contributed by atoms with Crippen LogP contribution in [0.3, 0.4) is 0 Å². The van der Waals surface area contributed by atoms with Crippen molar-refractivity contribution in [1.29, 1.82) is 0 Å². The number of rotatable bonds is 11. The predicted molar refractivity (Wildman–Crippen MR) is 108 cm³/mol. The second kappa shape index (κ2) is 10.1. The second-order valence-electron chi connectivity index (χ2n) is 6.95. The van der Waals surface area contributed by atoms with Crippen molar-refractivity contribution in [3.8, 4) is 16.9 Å². The molecule has 4 heteroatoms. The van der Waals surface area contributed by atoms with Crippen molar-refractivity contribution in [2.75, 3.05) is 19.7 Å². The van der Waals surface area contributed by atoms with Gasteiger partial charge in [0.25, 0.3) is 0 Å². The largest absolute Gasteiger partial charge is 0.493 e. The van der Waals surface area contributed by atoms with E-state index in [-0.39, 0.29) is 5.82 Å². The van der Waals surface area contributed by atoms with Gasteiger partial charge in [0.05, 0.1) is 12.2 Å². The lowest BCUT2D eigenvalue weighted by Crippen LogP contribution is -2.17. The maximum atomic E-state index is 14.3. The molecule has 26 heavy (non-hydrogen) atoms. The van der Waals surface area contributed by atoms with Crippen LogP contribution in [0.4, 0.5) is 4.39 Å². The molecule has 0 saturated heterocycles. The molecule has 0 unspecified atom stereocenters. The van der Waals surface area contributed by atoms with Gasteiger partial charge < -0.3 is 10.1 Å². The Morgan fingerprint density at radius 3 is 2.62 bits per heavy atom. The number of halogens is 2. The van der Waals surface area contributed by atoms with Crippen molar-refractivity contribution in [1.82, 2.24) is 5.32 Å². The van der Waals surface area contributed by atoms with Crippen molar-refractivity contribution < 1.29 is 9.13 Å². The monoisotopic (exact) mass is 418 g/mol. The van der Waals surface area contributed by atoms with Crippen LogP contribution in [0, 0.1) is 17.8 Å². The van der Waals surface area contributed by atoms with Crippen LogP contribution >= 0.6 is 15.9 Å². The molecule has 0 bridgehead atoms. The van der Waals surface area contributed by atoms with Gasteiger partial charge in [-0.05, 0) is 74.5 Å². The van der Waals surface area contributed by atoms with Gasteiger partial charge in [-0.3, -0.25) is 0 Å². The van der Waals surface area contributed by atoms with Gasteiger partial charge in [0.1, 0.15) is 11.6 Å². The van der Waals surface area contributed by atoms with E-state index in [1.807, 2.05) is 24.3 Å². The Morgan fingerprint density at radius 2 is 1.85 bits per heavy atom. The Labute approximate surface area is 164 Å². The highest BCUT2D eigenvalue weighted by atomic mass is 79.9. The molecule has 0 heterocycles. The summed E-state index contributed by atoms with van der Waals surface area (Å²) in [7, 11) is 0. The van der Waals surface area contributed by atoms with Gasteiger partial charge in [-0.2, -0.15) is 0 Å². The molecule has 2 nitrogen and oxygen atoms in total. The molecule has 0 aliphatic heterocycles. The lowest BCUT2D eigenvalue weighted by atomic mass is 10.0. The molecule has 2 aromatic carbocycles. The lowest BCUT2D eigenvalue weighted by molar-refractivity contribution is 0.304. The van der Waals surface area contributed by atoms with E-state index >= 15 is 0 Å². The Balaban J connectivity index is 1.41. The quantitative estimate of drug-likeness (QED) is 0.452. The molecule has 1 fully saturated rings. The Kier molecular flexibility index (Phi) is 7.51. The zero-order valence-corrected chi connectivity index (χ0v) is 16.7. The minimum atomic E-state index is -0.369. The lowest BCUT2D eigenvalue weighted by Gasteiger charge is -2.12. The molecule has 1 saturated carbocycles. The summed E-state index contributed by atoms with van der Waals surface area (Å²) in [4.78, 5) is 0. The van der Waals surface area contributed by atoms with E-state index in [1.165, 1.54) is 32.2 Å². The van der Waals surface area contributed by atoms with Gasteiger partial charge in [-0.1, -0.05) is 40.9 Å². The van der Waals surface area contributed by atoms with E-state index in [9.17, 15) is 4.39 Å². The first-order valence-electron chi connectivity index (χ1n) is 9.53. The molecule has 1 radical (unpaired) electrons. The highest BCUT2D eigenvalue weighted by molar-refractivity contribution is 9.10. The molecule has 2 aromatic rings. The molecule has 1 N–H and O–H groups in total. The van der Waals surface area contributed by atoms with E-state index < -0.39 is 0 Å². The summed E-state index contributed by atoms with van der Waals surface area (Å²) in [5.41, 5.74) is 1.29. The average molecular weight is 419 g/mol. The molecule has 0 aromatic heterocycles. The van der Waals surface area contributed by atoms with Gasteiger partial charge in [-0.25, -0.2) is 4.39 Å². The van der Waals surface area contributed by atoms with Gasteiger partial charge in [0, 0.05) is 10.5 Å². The molecule has 0 atom stereocenters. The van der Waals surface area contributed by atoms with Gasteiger partial charge >= 0.3 is 0 Å². The zero-order chi connectivity index (χ0) is 18.2. The predicted octanol–water partition coefficient (Wildman–Crippen LogP) is 5.99. The van der Waals surface area contributed by atoms with Crippen molar-refractivity contribution in [3.05, 3.63) is 52.8 Å². The standard InChI is InChI=1S/C22H26BrFNO/c23-19-12-10-18(11-13-19)22-20(24)6-5-7-21(22)26-15-4-2-1-3-14-25-16-17-8-9-17/h5,7,10-13,17,25H,1-4,8-9,14-16H2. The van der Waals surface area contributed by atoms with Crippen molar-refractivity contribution in [2.45, 2.75) is 38.5 Å². The molecular weight excluding hydrogens is 393 g/mol. The second-order valence-corrected chi connectivity index (χ2v) is 7.86. The first-order valence-corrected chi connectivity index (χ1v) is 10.3. The summed E-state index contributed by atoms with van der Waals surface area (Å²) < 4.78 is 21.1. The highest BCUT2D eigenvalue weighted by Gasteiger charge is 2.19. The van der Waals surface area contributed by atoms with Crippen LogP contribution < -0.4 is 10.1 Å². The Bertz CT molecular complexity index is 685. The van der Waals surface area contributed by atoms with Crippen LogP contribution in [0.25, 0.3) is 11.1 Å². The molecular formula is C22H26BrFNO. The Hall–Kier alpha value is -1.39. The first-order chi connectivity index (χ1) is 12.7. The van der Waals surface area contributed by atoms with Crippen LogP contribution in [0.5, 0.6) is 5.75 Å². The van der Waals surface area contributed by atoms with Crippen molar-refractivity contribution in [2.24, 2.45) is 5.92 Å². The molecule has 139 valence electrons. The third-order valence-corrected chi connectivity index (χ3v) is 5.21. The van der Waals surface area contributed by atoms with Crippen LogP contribution in [-0.4, -0.2) is 19.7 Å². The number of hydrogen-bond acceptors (Lipinski definition) is 2. The number of nitrogens with one attached hydrogen (secondary N) is 1. The van der Waals surface area contributed by atoms with Crippen LogP contribution in [-0.2, 0) is 0 Å². The summed E-state index contributed by atoms with van der Waals surface area (Å²) in [5, 5.41) is 3.52. The summed E-state index contributed by atoms with van der Waals surface area (Å²) in [6.45, 7) is 2.92. The maximum absolute atomic E-state index is 14.3. The van der Waals surface area contributed by atoms with Gasteiger partial charge in [0.2, 0.25) is 0 Å². The summed E-state index contributed by atoms with van der Waals surface area (Å²) in [6, 6.07) is 13.6. The third kappa shape index (κ3) is 6.10. The van der Waals surface area contributed by atoms with E-state index in [2.05, 4.69) is 27.3 Å². The fraction of sp³-hybridized carbons (Fsp3) is 0.455. The maximum Gasteiger partial charge on any atom is 0.142 e. The minimum absolute atomic E-state index is 0.369. The normalized spacial score (nSPS) is 13.8. The Morgan fingerprint density at radius 1 is 1.08 bits per heavy atom. The highest BCUT2D eigenvalue weighted by Crippen LogP contribution is 2.33. The number of hydrogen-bond donors (Lipinski definition) is 1. The van der Waals surface area contributed by atoms with Crippen LogP contribution in [0.1, 0.15) is 38.5 Å². The fourth-order valence-corrected chi connectivity index (χ4v) is 3.24. The SMILES string of the molecule is Fc1[c]ccc(OCCCCCCNCC2CC2)c1-c1ccc(Br)cc1. The van der Waals surface area contributed by atoms with E-state index in [1.54, 1.807) is 12.1 Å². The molecule has 0 spiro atoms. The molecule has 1 aliphatic carbocycles. The smallest absolute Gasteiger partial charge is 0.142 e. The molecule has 0 amide bonds. The number of ether oxygens (including phenoxy) is 1. The summed E-state index contributed by atoms with van der Waals surface area (Å²) in [6.07, 6.45) is 7.36. The number of benzene rings is 2. The van der Waals surface area contributed by atoms with E-state index in [0.29, 0.717) is 17.9 Å². The average Bonchev–Trinajstić information content (AvgIpc) is 3.46. The first kappa shape index (κ1) is 19.4. The van der Waals surface area contributed by atoms with Gasteiger partial charge in [-0.15, -0.1) is 0 Å². The van der Waals surface area contributed by atoms with Crippen molar-refractivity contribution in [3.63, 3.8) is 0 Å². The summed E-state index contributed by atoms with van der Waals surface area (Å²) in [5.74, 6) is 1.17. The molecule has 1 aliphatic rings. The zero-order valence-electron chi connectivity index (χ0n) is 15.1. The summed E-state index contributed by atoms with van der Waals surface area (Å²) >= 11 is 3.41. The topological polar surface area (TPSA) is 21.3 Å². The van der Waals surface area contributed by atoms with Gasteiger partial charge in [0.15, 0.2) is 0 Å². The minimum Gasteiger partial charge on any atom is -0.493 e. The molecule has 3 rings (SSSR count). The van der Waals surface area contributed by atoms with Crippen LogP contribution in [0.2, 0.25) is 0 Å².